The first-order valence-electron chi connectivity index (χ1n) is 6.63. The summed E-state index contributed by atoms with van der Waals surface area (Å²) in [5.74, 6) is 0.419. The molecule has 0 spiro atoms. The number of rotatable bonds is 4. The molecule has 1 heterocycles. The van der Waals surface area contributed by atoms with Crippen LogP contribution in [0.5, 0.6) is 0 Å². The second-order valence-electron chi connectivity index (χ2n) is 4.95. The number of nitrogens with zero attached hydrogens (tertiary/aromatic N) is 1. The molecule has 0 saturated heterocycles. The van der Waals surface area contributed by atoms with Crippen LogP contribution in [0.2, 0.25) is 0 Å². The second-order valence-corrected chi connectivity index (χ2v) is 7.90. The predicted molar refractivity (Wildman–Crippen MR) is 81.0 cm³/mol. The Morgan fingerprint density at radius 1 is 1.35 bits per heavy atom. The summed E-state index contributed by atoms with van der Waals surface area (Å²) < 4.78 is 22.5. The third kappa shape index (κ3) is 4.46. The van der Waals surface area contributed by atoms with Crippen molar-refractivity contribution in [2.45, 2.75) is 48.9 Å². The highest BCUT2D eigenvalue weighted by Crippen LogP contribution is 2.21. The van der Waals surface area contributed by atoms with Crippen molar-refractivity contribution < 1.29 is 8.42 Å². The molecule has 1 aromatic rings. The lowest BCUT2D eigenvalue weighted by Crippen LogP contribution is -2.41. The lowest BCUT2D eigenvalue weighted by Gasteiger charge is -2.23. The molecule has 5 N–H and O–H groups in total. The molecule has 0 amide bonds. The molecule has 8 heteroatoms. The van der Waals surface area contributed by atoms with Gasteiger partial charge in [0.25, 0.3) is 0 Å². The molecule has 2 rings (SSSR count). The quantitative estimate of drug-likeness (QED) is 0.571. The van der Waals surface area contributed by atoms with Crippen LogP contribution in [0.25, 0.3) is 0 Å². The minimum absolute atomic E-state index is 0.154. The number of aliphatic imine (C=N–C) groups is 1. The van der Waals surface area contributed by atoms with Crippen molar-refractivity contribution in [2.75, 3.05) is 0 Å². The van der Waals surface area contributed by atoms with Crippen molar-refractivity contribution in [3.8, 4) is 0 Å². The van der Waals surface area contributed by atoms with Gasteiger partial charge in [-0.1, -0.05) is 19.3 Å². The minimum Gasteiger partial charge on any atom is -0.370 e. The average Bonchev–Trinajstić information content (AvgIpc) is 2.86. The predicted octanol–water partition coefficient (Wildman–Crippen LogP) is 1.13. The van der Waals surface area contributed by atoms with Crippen molar-refractivity contribution in [3.05, 3.63) is 17.0 Å². The van der Waals surface area contributed by atoms with Crippen LogP contribution in [0.1, 0.15) is 37.0 Å². The number of primary sulfonamides is 1. The molecule has 1 saturated carbocycles. The van der Waals surface area contributed by atoms with Gasteiger partial charge in [0.15, 0.2) is 5.96 Å². The van der Waals surface area contributed by atoms with Gasteiger partial charge in [-0.3, -0.25) is 0 Å². The molecule has 1 aromatic heterocycles. The topological polar surface area (TPSA) is 111 Å². The van der Waals surface area contributed by atoms with E-state index >= 15 is 0 Å². The first-order valence-corrected chi connectivity index (χ1v) is 8.99. The van der Waals surface area contributed by atoms with Gasteiger partial charge in [0.1, 0.15) is 4.21 Å². The summed E-state index contributed by atoms with van der Waals surface area (Å²) in [4.78, 5) is 5.06. The van der Waals surface area contributed by atoms with Crippen LogP contribution in [0, 0.1) is 0 Å². The maximum absolute atomic E-state index is 11.2. The Hall–Kier alpha value is -1.12. The molecule has 1 fully saturated rings. The van der Waals surface area contributed by atoms with Crippen LogP contribution in [0.4, 0.5) is 0 Å². The van der Waals surface area contributed by atoms with E-state index in [1.54, 1.807) is 6.07 Å². The van der Waals surface area contributed by atoms with Crippen molar-refractivity contribution in [3.63, 3.8) is 0 Å². The van der Waals surface area contributed by atoms with Crippen molar-refractivity contribution in [2.24, 2.45) is 15.9 Å². The molecule has 0 bridgehead atoms. The maximum Gasteiger partial charge on any atom is 0.247 e. The standard InChI is InChI=1S/C12H20N4O2S2/c13-12(16-9-4-2-1-3-5-9)15-8-10-6-7-11(19-10)20(14,17)18/h6-7,9H,1-5,8H2,(H3,13,15,16)(H2,14,17,18). The van der Waals surface area contributed by atoms with Gasteiger partial charge in [0, 0.05) is 10.9 Å². The Balaban J connectivity index is 1.89. The van der Waals surface area contributed by atoms with Crippen LogP contribution in [-0.4, -0.2) is 20.4 Å². The number of hydrogen-bond donors (Lipinski definition) is 3. The number of nitrogens with one attached hydrogen (secondary N) is 1. The first kappa shape index (κ1) is 15.3. The van der Waals surface area contributed by atoms with E-state index in [1.165, 1.54) is 25.3 Å². The van der Waals surface area contributed by atoms with Crippen molar-refractivity contribution in [1.82, 2.24) is 5.32 Å². The molecule has 20 heavy (non-hydrogen) atoms. The highest BCUT2D eigenvalue weighted by Gasteiger charge is 2.14. The third-order valence-corrected chi connectivity index (χ3v) is 5.79. The van der Waals surface area contributed by atoms with E-state index in [0.717, 1.165) is 29.1 Å². The summed E-state index contributed by atoms with van der Waals surface area (Å²) >= 11 is 1.12. The van der Waals surface area contributed by atoms with Gasteiger partial charge in [-0.05, 0) is 25.0 Å². The summed E-state index contributed by atoms with van der Waals surface area (Å²) in [6, 6.07) is 3.62. The Kier molecular flexibility index (Phi) is 5.00. The van der Waals surface area contributed by atoms with E-state index in [2.05, 4.69) is 10.3 Å². The summed E-state index contributed by atoms with van der Waals surface area (Å²) in [7, 11) is -3.62. The van der Waals surface area contributed by atoms with E-state index in [0.29, 0.717) is 18.5 Å². The zero-order valence-corrected chi connectivity index (χ0v) is 12.8. The minimum atomic E-state index is -3.62. The van der Waals surface area contributed by atoms with Crippen molar-refractivity contribution in [1.29, 1.82) is 0 Å². The zero-order chi connectivity index (χ0) is 14.6. The molecule has 0 aromatic carbocycles. The van der Waals surface area contributed by atoms with Crippen LogP contribution < -0.4 is 16.2 Å². The molecule has 6 nitrogen and oxygen atoms in total. The van der Waals surface area contributed by atoms with Gasteiger partial charge < -0.3 is 11.1 Å². The highest BCUT2D eigenvalue weighted by atomic mass is 32.2. The highest BCUT2D eigenvalue weighted by molar-refractivity contribution is 7.91. The molecule has 0 unspecified atom stereocenters. The number of sulfonamides is 1. The van der Waals surface area contributed by atoms with Gasteiger partial charge in [-0.25, -0.2) is 18.5 Å². The van der Waals surface area contributed by atoms with Crippen molar-refractivity contribution >= 4 is 27.3 Å². The SMILES string of the molecule is NC(=NCc1ccc(S(N)(=O)=O)s1)NC1CCCCC1. The molecule has 0 aliphatic heterocycles. The fourth-order valence-corrected chi connectivity index (χ4v) is 3.96. The second kappa shape index (κ2) is 6.55. The summed E-state index contributed by atoms with van der Waals surface area (Å²) in [5, 5.41) is 8.28. The molecule has 0 atom stereocenters. The van der Waals surface area contributed by atoms with Gasteiger partial charge in [0.2, 0.25) is 10.0 Å². The van der Waals surface area contributed by atoms with Crippen LogP contribution in [0.15, 0.2) is 21.3 Å². The molecular formula is C12H20N4O2S2. The smallest absolute Gasteiger partial charge is 0.247 e. The fraction of sp³-hybridized carbons (Fsp3) is 0.583. The maximum atomic E-state index is 11.2. The first-order chi connectivity index (χ1) is 9.45. The van der Waals surface area contributed by atoms with E-state index in [9.17, 15) is 8.42 Å². The van der Waals surface area contributed by atoms with E-state index in [1.807, 2.05) is 0 Å². The number of guanidine groups is 1. The van der Waals surface area contributed by atoms with Gasteiger partial charge >= 0.3 is 0 Å². The summed E-state index contributed by atoms with van der Waals surface area (Å²) in [6.45, 7) is 0.367. The Bertz CT molecular complexity index is 574. The lowest BCUT2D eigenvalue weighted by molar-refractivity contribution is 0.412. The van der Waals surface area contributed by atoms with Crippen LogP contribution in [0.3, 0.4) is 0 Å². The van der Waals surface area contributed by atoms with E-state index in [4.69, 9.17) is 10.9 Å². The van der Waals surface area contributed by atoms with Gasteiger partial charge in [-0.2, -0.15) is 0 Å². The monoisotopic (exact) mass is 316 g/mol. The van der Waals surface area contributed by atoms with Crippen LogP contribution in [-0.2, 0) is 16.6 Å². The summed E-state index contributed by atoms with van der Waals surface area (Å²) in [5.41, 5.74) is 5.85. The zero-order valence-electron chi connectivity index (χ0n) is 11.2. The molecule has 1 aliphatic carbocycles. The van der Waals surface area contributed by atoms with Gasteiger partial charge in [-0.15, -0.1) is 11.3 Å². The molecule has 112 valence electrons. The molecular weight excluding hydrogens is 296 g/mol. The third-order valence-electron chi connectivity index (χ3n) is 3.28. The average molecular weight is 316 g/mol. The number of nitrogens with two attached hydrogens (primary N) is 2. The number of hydrogen-bond acceptors (Lipinski definition) is 4. The Morgan fingerprint density at radius 2 is 2.05 bits per heavy atom. The normalized spacial score (nSPS) is 18.1. The van der Waals surface area contributed by atoms with Gasteiger partial charge in [0.05, 0.1) is 6.54 Å². The Labute approximate surface area is 123 Å². The largest absolute Gasteiger partial charge is 0.370 e. The fourth-order valence-electron chi connectivity index (χ4n) is 2.26. The molecule has 1 aliphatic rings. The summed E-state index contributed by atoms with van der Waals surface area (Å²) in [6.07, 6.45) is 6.01. The van der Waals surface area contributed by atoms with E-state index < -0.39 is 10.0 Å². The number of thiophene rings is 1. The van der Waals surface area contributed by atoms with Crippen LogP contribution >= 0.6 is 11.3 Å². The van der Waals surface area contributed by atoms with E-state index in [-0.39, 0.29) is 4.21 Å². The Morgan fingerprint density at radius 3 is 2.65 bits per heavy atom. The lowest BCUT2D eigenvalue weighted by atomic mass is 9.96. The molecule has 0 radical (unpaired) electrons.